The highest BCUT2D eigenvalue weighted by Crippen LogP contribution is 2.18. The minimum Gasteiger partial charge on any atom is -0.399 e. The summed E-state index contributed by atoms with van der Waals surface area (Å²) in [6, 6.07) is 3.26. The summed E-state index contributed by atoms with van der Waals surface area (Å²) >= 11 is 0. The standard InChI is InChI=1S/C13H22FN3O2S/c1-9(2)12(8-17(3)4)16-20(18,19)13-6-5-10(15)7-11(13)14/h5-7,9,12,16H,8,15H2,1-4H3. The Morgan fingerprint density at radius 1 is 1.35 bits per heavy atom. The predicted octanol–water partition coefficient (Wildman–Crippen LogP) is 1.27. The van der Waals surface area contributed by atoms with Gasteiger partial charge in [0, 0.05) is 18.3 Å². The van der Waals surface area contributed by atoms with Crippen molar-refractivity contribution < 1.29 is 12.8 Å². The van der Waals surface area contributed by atoms with Gasteiger partial charge in [0.25, 0.3) is 0 Å². The summed E-state index contributed by atoms with van der Waals surface area (Å²) in [7, 11) is -0.196. The number of sulfonamides is 1. The zero-order chi connectivity index (χ0) is 15.5. The zero-order valence-corrected chi connectivity index (χ0v) is 13.0. The fraction of sp³-hybridized carbons (Fsp3) is 0.538. The monoisotopic (exact) mass is 303 g/mol. The van der Waals surface area contributed by atoms with Gasteiger partial charge in [-0.2, -0.15) is 0 Å². The van der Waals surface area contributed by atoms with Crippen LogP contribution < -0.4 is 10.5 Å². The molecule has 1 atom stereocenters. The molecule has 0 aromatic heterocycles. The molecule has 114 valence electrons. The first kappa shape index (κ1) is 16.9. The molecular formula is C13H22FN3O2S. The summed E-state index contributed by atoms with van der Waals surface area (Å²) in [5.74, 6) is -0.756. The van der Waals surface area contributed by atoms with Gasteiger partial charge < -0.3 is 10.6 Å². The number of anilines is 1. The van der Waals surface area contributed by atoms with Gasteiger partial charge in [0.15, 0.2) is 0 Å². The Hall–Kier alpha value is -1.18. The summed E-state index contributed by atoms with van der Waals surface area (Å²) in [5.41, 5.74) is 5.61. The van der Waals surface area contributed by atoms with E-state index in [9.17, 15) is 12.8 Å². The summed E-state index contributed by atoms with van der Waals surface area (Å²) in [6.07, 6.45) is 0. The van der Waals surface area contributed by atoms with Crippen molar-refractivity contribution in [2.24, 2.45) is 5.92 Å². The molecule has 0 radical (unpaired) electrons. The fourth-order valence-electron chi connectivity index (χ4n) is 1.78. The van der Waals surface area contributed by atoms with Crippen LogP contribution in [0.15, 0.2) is 23.1 Å². The molecule has 0 aliphatic carbocycles. The lowest BCUT2D eigenvalue weighted by Crippen LogP contribution is -2.45. The Kier molecular flexibility index (Phi) is 5.50. The molecule has 0 aliphatic rings. The molecule has 5 nitrogen and oxygen atoms in total. The van der Waals surface area contributed by atoms with Crippen LogP contribution >= 0.6 is 0 Å². The van der Waals surface area contributed by atoms with Gasteiger partial charge in [-0.15, -0.1) is 0 Å². The molecular weight excluding hydrogens is 281 g/mol. The molecule has 0 heterocycles. The predicted molar refractivity (Wildman–Crippen MR) is 78.3 cm³/mol. The van der Waals surface area contributed by atoms with Gasteiger partial charge in [-0.1, -0.05) is 13.8 Å². The van der Waals surface area contributed by atoms with Crippen LogP contribution in [0.1, 0.15) is 13.8 Å². The molecule has 7 heteroatoms. The van der Waals surface area contributed by atoms with E-state index < -0.39 is 15.8 Å². The molecule has 0 fully saturated rings. The summed E-state index contributed by atoms with van der Waals surface area (Å²) in [5, 5.41) is 0. The topological polar surface area (TPSA) is 75.4 Å². The van der Waals surface area contributed by atoms with Crippen LogP contribution in [0.5, 0.6) is 0 Å². The molecule has 3 N–H and O–H groups in total. The second-order valence-electron chi connectivity index (χ2n) is 5.42. The van der Waals surface area contributed by atoms with Crippen LogP contribution in [0.3, 0.4) is 0 Å². The third-order valence-electron chi connectivity index (χ3n) is 2.92. The van der Waals surface area contributed by atoms with Crippen molar-refractivity contribution in [1.82, 2.24) is 9.62 Å². The van der Waals surface area contributed by atoms with Crippen LogP contribution in [-0.2, 0) is 10.0 Å². The van der Waals surface area contributed by atoms with Gasteiger partial charge >= 0.3 is 0 Å². The Morgan fingerprint density at radius 3 is 2.40 bits per heavy atom. The molecule has 0 spiro atoms. The number of hydrogen-bond acceptors (Lipinski definition) is 4. The highest BCUT2D eigenvalue weighted by Gasteiger charge is 2.25. The first-order valence-corrected chi connectivity index (χ1v) is 7.84. The van der Waals surface area contributed by atoms with Gasteiger partial charge in [-0.05, 0) is 38.2 Å². The third kappa shape index (κ3) is 4.43. The van der Waals surface area contributed by atoms with E-state index in [2.05, 4.69) is 4.72 Å². The SMILES string of the molecule is CC(C)C(CN(C)C)NS(=O)(=O)c1ccc(N)cc1F. The largest absolute Gasteiger partial charge is 0.399 e. The highest BCUT2D eigenvalue weighted by atomic mass is 32.2. The van der Waals surface area contributed by atoms with Gasteiger partial charge in [0.2, 0.25) is 10.0 Å². The fourth-order valence-corrected chi connectivity index (χ4v) is 3.21. The molecule has 0 saturated heterocycles. The number of rotatable bonds is 6. The van der Waals surface area contributed by atoms with Crippen LogP contribution in [0.2, 0.25) is 0 Å². The minimum absolute atomic E-state index is 0.0871. The maximum absolute atomic E-state index is 13.8. The van der Waals surface area contributed by atoms with Gasteiger partial charge in [-0.25, -0.2) is 17.5 Å². The van der Waals surface area contributed by atoms with E-state index in [-0.39, 0.29) is 22.5 Å². The quantitative estimate of drug-likeness (QED) is 0.776. The van der Waals surface area contributed by atoms with Crippen molar-refractivity contribution >= 4 is 15.7 Å². The van der Waals surface area contributed by atoms with Gasteiger partial charge in [0.05, 0.1) is 0 Å². The number of nitrogens with two attached hydrogens (primary N) is 1. The maximum atomic E-state index is 13.8. The number of benzene rings is 1. The molecule has 1 aromatic carbocycles. The van der Waals surface area contributed by atoms with Crippen molar-refractivity contribution in [3.63, 3.8) is 0 Å². The molecule has 0 bridgehead atoms. The molecule has 0 amide bonds. The van der Waals surface area contributed by atoms with Crippen molar-refractivity contribution in [2.45, 2.75) is 24.8 Å². The third-order valence-corrected chi connectivity index (χ3v) is 4.44. The Balaban J connectivity index is 3.03. The van der Waals surface area contributed by atoms with E-state index >= 15 is 0 Å². The lowest BCUT2D eigenvalue weighted by molar-refractivity contribution is 0.314. The first-order chi connectivity index (χ1) is 9.13. The van der Waals surface area contributed by atoms with Crippen molar-refractivity contribution in [2.75, 3.05) is 26.4 Å². The highest BCUT2D eigenvalue weighted by molar-refractivity contribution is 7.89. The summed E-state index contributed by atoms with van der Waals surface area (Å²) in [4.78, 5) is 1.50. The minimum atomic E-state index is -3.90. The van der Waals surface area contributed by atoms with Gasteiger partial charge in [0.1, 0.15) is 10.7 Å². The number of nitrogens with one attached hydrogen (secondary N) is 1. The molecule has 0 saturated carbocycles. The van der Waals surface area contributed by atoms with Crippen molar-refractivity contribution in [3.8, 4) is 0 Å². The normalized spacial score (nSPS) is 13.9. The Bertz CT molecular complexity index is 559. The van der Waals surface area contributed by atoms with E-state index in [0.29, 0.717) is 6.54 Å². The van der Waals surface area contributed by atoms with E-state index in [4.69, 9.17) is 5.73 Å². The zero-order valence-electron chi connectivity index (χ0n) is 12.2. The first-order valence-electron chi connectivity index (χ1n) is 6.35. The smallest absolute Gasteiger partial charge is 0.243 e. The van der Waals surface area contributed by atoms with E-state index in [1.54, 1.807) is 0 Å². The van der Waals surface area contributed by atoms with Gasteiger partial charge in [-0.3, -0.25) is 0 Å². The number of nitrogens with zero attached hydrogens (tertiary/aromatic N) is 1. The Morgan fingerprint density at radius 2 is 1.95 bits per heavy atom. The number of likely N-dealkylation sites (N-methyl/N-ethyl adjacent to an activating group) is 1. The molecule has 1 rings (SSSR count). The average Bonchev–Trinajstić information content (AvgIpc) is 2.26. The lowest BCUT2D eigenvalue weighted by atomic mass is 10.1. The average molecular weight is 303 g/mol. The number of halogens is 1. The summed E-state index contributed by atoms with van der Waals surface area (Å²) in [6.45, 7) is 4.36. The van der Waals surface area contributed by atoms with E-state index in [0.717, 1.165) is 6.07 Å². The second-order valence-corrected chi connectivity index (χ2v) is 7.11. The molecule has 20 heavy (non-hydrogen) atoms. The Labute approximate surface area is 120 Å². The summed E-state index contributed by atoms with van der Waals surface area (Å²) < 4.78 is 40.8. The lowest BCUT2D eigenvalue weighted by Gasteiger charge is -2.25. The van der Waals surface area contributed by atoms with E-state index in [1.807, 2.05) is 32.8 Å². The van der Waals surface area contributed by atoms with Crippen LogP contribution in [0.4, 0.5) is 10.1 Å². The molecule has 1 aromatic rings. The number of hydrogen-bond donors (Lipinski definition) is 2. The van der Waals surface area contributed by atoms with Crippen LogP contribution in [-0.4, -0.2) is 40.0 Å². The van der Waals surface area contributed by atoms with Crippen LogP contribution in [0, 0.1) is 11.7 Å². The number of nitrogen functional groups attached to an aromatic ring is 1. The maximum Gasteiger partial charge on any atom is 0.243 e. The van der Waals surface area contributed by atoms with Crippen LogP contribution in [0.25, 0.3) is 0 Å². The molecule has 0 aliphatic heterocycles. The molecule has 1 unspecified atom stereocenters. The van der Waals surface area contributed by atoms with Crippen molar-refractivity contribution in [1.29, 1.82) is 0 Å². The van der Waals surface area contributed by atoms with Crippen molar-refractivity contribution in [3.05, 3.63) is 24.0 Å². The second kappa shape index (κ2) is 6.51. The van der Waals surface area contributed by atoms with E-state index in [1.165, 1.54) is 12.1 Å².